The molecule has 3 rings (SSSR count). The molecule has 0 aliphatic rings. The lowest BCUT2D eigenvalue weighted by Crippen LogP contribution is -2.28. The zero-order valence-electron chi connectivity index (χ0n) is 17.9. The van der Waals surface area contributed by atoms with Crippen LogP contribution in [0.2, 0.25) is 0 Å². The van der Waals surface area contributed by atoms with Crippen LogP contribution in [-0.4, -0.2) is 26.9 Å². The highest BCUT2D eigenvalue weighted by atomic mass is 16.5. The van der Waals surface area contributed by atoms with Gasteiger partial charge in [-0.3, -0.25) is 0 Å². The molecule has 0 amide bonds. The molecule has 156 valence electrons. The fraction of sp³-hybridized carbons (Fsp3) is 0.259. The summed E-state index contributed by atoms with van der Waals surface area (Å²) in [4.78, 5) is 0. The number of ether oxygens (including phenoxy) is 3. The maximum Gasteiger partial charge on any atom is 0.123 e. The first kappa shape index (κ1) is 21.7. The van der Waals surface area contributed by atoms with Crippen LogP contribution in [0.25, 0.3) is 22.6 Å². The summed E-state index contributed by atoms with van der Waals surface area (Å²) < 4.78 is 17.6. The van der Waals surface area contributed by atoms with Crippen molar-refractivity contribution in [2.24, 2.45) is 0 Å². The molecule has 0 aliphatic carbocycles. The maximum atomic E-state index is 6.25. The summed E-state index contributed by atoms with van der Waals surface area (Å²) >= 11 is 0. The van der Waals surface area contributed by atoms with E-state index in [9.17, 15) is 0 Å². The van der Waals surface area contributed by atoms with Gasteiger partial charge in [-0.25, -0.2) is 0 Å². The van der Waals surface area contributed by atoms with Crippen molar-refractivity contribution < 1.29 is 14.2 Å². The summed E-state index contributed by atoms with van der Waals surface area (Å²) in [5.41, 5.74) is 1.14. The lowest BCUT2D eigenvalue weighted by Gasteiger charge is -2.17. The van der Waals surface area contributed by atoms with E-state index in [4.69, 9.17) is 14.2 Å². The number of benzene rings is 3. The molecule has 0 bridgehead atoms. The van der Waals surface area contributed by atoms with E-state index in [2.05, 4.69) is 62.0 Å². The predicted molar refractivity (Wildman–Crippen MR) is 125 cm³/mol. The molecule has 0 heterocycles. The zero-order valence-corrected chi connectivity index (χ0v) is 17.9. The molecule has 0 atom stereocenters. The van der Waals surface area contributed by atoms with Gasteiger partial charge in [-0.15, -0.1) is 0 Å². The van der Waals surface area contributed by atoms with E-state index in [1.807, 2.05) is 18.2 Å². The number of allylic oxidation sites excluding steroid dienone is 1. The van der Waals surface area contributed by atoms with E-state index in [0.717, 1.165) is 33.9 Å². The van der Waals surface area contributed by atoms with Crippen molar-refractivity contribution in [2.45, 2.75) is 19.8 Å². The van der Waals surface area contributed by atoms with Gasteiger partial charge < -0.3 is 14.2 Å². The first-order valence-electron chi connectivity index (χ1n) is 10.4. The average molecular weight is 403 g/mol. The normalized spacial score (nSPS) is 12.7. The van der Waals surface area contributed by atoms with Crippen LogP contribution in [-0.2, 0) is 15.9 Å². The van der Waals surface area contributed by atoms with Crippen molar-refractivity contribution >= 4 is 22.6 Å². The minimum Gasteiger partial charge on any atom is -0.495 e. The van der Waals surface area contributed by atoms with Crippen molar-refractivity contribution in [3.05, 3.63) is 89.3 Å². The van der Waals surface area contributed by atoms with Crippen LogP contribution in [0.1, 0.15) is 18.9 Å². The van der Waals surface area contributed by atoms with Gasteiger partial charge in [0.2, 0.25) is 0 Å². The second kappa shape index (κ2) is 11.2. The van der Waals surface area contributed by atoms with Gasteiger partial charge >= 0.3 is 0 Å². The molecule has 30 heavy (non-hydrogen) atoms. The van der Waals surface area contributed by atoms with Gasteiger partial charge in [-0.05, 0) is 28.5 Å². The minimum absolute atomic E-state index is 0.490. The van der Waals surface area contributed by atoms with E-state index in [0.29, 0.717) is 26.2 Å². The second-order valence-corrected chi connectivity index (χ2v) is 7.04. The molecule has 0 N–H and O–H groups in total. The molecule has 0 aromatic heterocycles. The van der Waals surface area contributed by atoms with E-state index in [1.54, 1.807) is 13.2 Å². The van der Waals surface area contributed by atoms with Crippen LogP contribution in [0, 0.1) is 0 Å². The lowest BCUT2D eigenvalue weighted by molar-refractivity contribution is 0.129. The first-order chi connectivity index (χ1) is 14.8. The smallest absolute Gasteiger partial charge is 0.123 e. The van der Waals surface area contributed by atoms with Crippen molar-refractivity contribution in [3.8, 4) is 5.75 Å². The SMILES string of the molecule is C=C/C=c1/cccc/c1=C(\Cc1c(OCCC)ccc2ccccc12)OCCOC. The topological polar surface area (TPSA) is 27.7 Å². The molecule has 0 unspecified atom stereocenters. The highest BCUT2D eigenvalue weighted by Crippen LogP contribution is 2.30. The van der Waals surface area contributed by atoms with E-state index >= 15 is 0 Å². The fourth-order valence-electron chi connectivity index (χ4n) is 3.50. The van der Waals surface area contributed by atoms with Gasteiger partial charge in [0, 0.05) is 24.3 Å². The fourth-order valence-corrected chi connectivity index (χ4v) is 3.50. The van der Waals surface area contributed by atoms with E-state index < -0.39 is 0 Å². The molecule has 3 nitrogen and oxygen atoms in total. The summed E-state index contributed by atoms with van der Waals surface area (Å²) in [6.45, 7) is 7.69. The summed E-state index contributed by atoms with van der Waals surface area (Å²) in [5.74, 6) is 1.81. The van der Waals surface area contributed by atoms with Crippen molar-refractivity contribution in [2.75, 3.05) is 26.9 Å². The van der Waals surface area contributed by atoms with Crippen molar-refractivity contribution in [1.29, 1.82) is 0 Å². The summed E-state index contributed by atoms with van der Waals surface area (Å²) in [6, 6.07) is 20.8. The Balaban J connectivity index is 2.18. The summed E-state index contributed by atoms with van der Waals surface area (Å²) in [7, 11) is 1.68. The average Bonchev–Trinajstić information content (AvgIpc) is 2.78. The first-order valence-corrected chi connectivity index (χ1v) is 10.4. The molecule has 3 aromatic carbocycles. The third kappa shape index (κ3) is 5.31. The van der Waals surface area contributed by atoms with Gasteiger partial charge in [-0.2, -0.15) is 0 Å². The van der Waals surface area contributed by atoms with Gasteiger partial charge in [0.25, 0.3) is 0 Å². The lowest BCUT2D eigenvalue weighted by atomic mass is 9.99. The van der Waals surface area contributed by atoms with Gasteiger partial charge in [0.1, 0.15) is 18.1 Å². The molecular formula is C27H30O3. The van der Waals surface area contributed by atoms with Gasteiger partial charge in [0.05, 0.1) is 13.2 Å². The minimum atomic E-state index is 0.490. The van der Waals surface area contributed by atoms with Gasteiger partial charge in [0.15, 0.2) is 0 Å². The summed E-state index contributed by atoms with van der Waals surface area (Å²) in [5, 5.41) is 4.52. The molecule has 0 saturated carbocycles. The molecule has 0 aliphatic heterocycles. The van der Waals surface area contributed by atoms with E-state index in [1.165, 1.54) is 10.8 Å². The highest BCUT2D eigenvalue weighted by molar-refractivity contribution is 5.88. The molecule has 3 heteroatoms. The standard InChI is InChI=1S/C27H30O3/c1-4-10-21-11-7-9-14-24(21)27(30-19-18-28-3)20-25-23-13-8-6-12-22(23)15-16-26(25)29-17-5-2/h4,6-16H,1,5,17-20H2,2-3H3/b21-10-,27-24-. The monoisotopic (exact) mass is 402 g/mol. The highest BCUT2D eigenvalue weighted by Gasteiger charge is 2.13. The van der Waals surface area contributed by atoms with Crippen molar-refractivity contribution in [1.82, 2.24) is 0 Å². The van der Waals surface area contributed by atoms with Crippen LogP contribution < -0.4 is 15.2 Å². The molecule has 3 aromatic rings. The van der Waals surface area contributed by atoms with Crippen LogP contribution in [0.5, 0.6) is 5.75 Å². The Bertz CT molecular complexity index is 1100. The molecule has 0 saturated heterocycles. The maximum absolute atomic E-state index is 6.25. The quantitative estimate of drug-likeness (QED) is 0.464. The van der Waals surface area contributed by atoms with Crippen LogP contribution in [0.4, 0.5) is 0 Å². The van der Waals surface area contributed by atoms with Crippen LogP contribution in [0.3, 0.4) is 0 Å². The Morgan fingerprint density at radius 2 is 1.73 bits per heavy atom. The summed E-state index contributed by atoms with van der Waals surface area (Å²) in [6.07, 6.45) is 5.41. The Hall–Kier alpha value is -3.04. The zero-order chi connectivity index (χ0) is 21.2. The number of rotatable bonds is 10. The molecule has 0 radical (unpaired) electrons. The third-order valence-corrected chi connectivity index (χ3v) is 4.92. The predicted octanol–water partition coefficient (Wildman–Crippen LogP) is 4.61. The molecular weight excluding hydrogens is 372 g/mol. The Morgan fingerprint density at radius 1 is 0.933 bits per heavy atom. The van der Waals surface area contributed by atoms with Crippen LogP contribution >= 0.6 is 0 Å². The molecule has 0 fully saturated rings. The van der Waals surface area contributed by atoms with E-state index in [-0.39, 0.29) is 0 Å². The Kier molecular flexibility index (Phi) is 8.10. The van der Waals surface area contributed by atoms with Crippen LogP contribution in [0.15, 0.2) is 73.3 Å². The second-order valence-electron chi connectivity index (χ2n) is 7.04. The largest absolute Gasteiger partial charge is 0.495 e. The number of hydrogen-bond acceptors (Lipinski definition) is 3. The Labute approximate surface area is 178 Å². The van der Waals surface area contributed by atoms with Gasteiger partial charge in [-0.1, -0.05) is 80.3 Å². The number of hydrogen-bond donors (Lipinski definition) is 0. The molecule has 0 spiro atoms. The Morgan fingerprint density at radius 3 is 2.53 bits per heavy atom. The number of methoxy groups -OCH3 is 1. The van der Waals surface area contributed by atoms with Crippen molar-refractivity contribution in [3.63, 3.8) is 0 Å². The third-order valence-electron chi connectivity index (χ3n) is 4.92. The number of fused-ring (bicyclic) bond motifs is 1.